The molecule has 2 aromatic carbocycles. The lowest BCUT2D eigenvalue weighted by molar-refractivity contribution is -0.668. The SMILES string of the molecule is CCC(=C/c1sc2c3ccccc3ccc2[n+]1CCCS(=O)(=O)[O-])/C=C1\SC2C(C)=C(C)SC2N1CCCS(=O)(=O)O. The van der Waals surface area contributed by atoms with Crippen LogP contribution in [0.3, 0.4) is 0 Å². The summed E-state index contributed by atoms with van der Waals surface area (Å²) in [6.45, 7) is 7.29. The van der Waals surface area contributed by atoms with Crippen LogP contribution in [0.1, 0.15) is 45.0 Å². The van der Waals surface area contributed by atoms with Crippen LogP contribution in [-0.2, 0) is 26.8 Å². The molecule has 2 atom stereocenters. The number of thioether (sulfide) groups is 2. The summed E-state index contributed by atoms with van der Waals surface area (Å²) in [7, 11) is -8.35. The van der Waals surface area contributed by atoms with Crippen molar-refractivity contribution in [1.82, 2.24) is 4.90 Å². The highest BCUT2D eigenvalue weighted by Crippen LogP contribution is 2.54. The van der Waals surface area contributed by atoms with E-state index in [1.54, 1.807) is 34.9 Å². The van der Waals surface area contributed by atoms with Crippen molar-refractivity contribution in [2.24, 2.45) is 0 Å². The highest BCUT2D eigenvalue weighted by molar-refractivity contribution is 8.09. The van der Waals surface area contributed by atoms with Crippen LogP contribution in [0.2, 0.25) is 0 Å². The average molecular weight is 667 g/mol. The van der Waals surface area contributed by atoms with Crippen LogP contribution in [0.4, 0.5) is 0 Å². The first-order chi connectivity index (χ1) is 19.8. The Hall–Kier alpha value is -1.87. The molecule has 5 rings (SSSR count). The second-order valence-corrected chi connectivity index (χ2v) is 17.1. The van der Waals surface area contributed by atoms with Gasteiger partial charge in [-0.2, -0.15) is 13.0 Å². The van der Waals surface area contributed by atoms with Gasteiger partial charge in [-0.3, -0.25) is 4.55 Å². The zero-order valence-corrected chi connectivity index (χ0v) is 27.7. The molecule has 3 heterocycles. The molecule has 0 bridgehead atoms. The fraction of sp³-hybridized carbons (Fsp3) is 0.414. The van der Waals surface area contributed by atoms with Gasteiger partial charge in [-0.1, -0.05) is 54.3 Å². The molecule has 1 saturated heterocycles. The molecular weight excluding hydrogens is 633 g/mol. The molecule has 1 fully saturated rings. The van der Waals surface area contributed by atoms with E-state index in [0.29, 0.717) is 19.5 Å². The van der Waals surface area contributed by atoms with Gasteiger partial charge in [0.2, 0.25) is 5.52 Å². The Morgan fingerprint density at radius 3 is 2.55 bits per heavy atom. The van der Waals surface area contributed by atoms with Crippen molar-refractivity contribution < 1.29 is 30.5 Å². The Morgan fingerprint density at radius 2 is 1.83 bits per heavy atom. The fourth-order valence-corrected chi connectivity index (χ4v) is 10.9. The van der Waals surface area contributed by atoms with Crippen molar-refractivity contribution >= 4 is 82.2 Å². The Morgan fingerprint density at radius 1 is 1.07 bits per heavy atom. The number of allylic oxidation sites excluding steroid dienone is 3. The second-order valence-electron chi connectivity index (χ2n) is 10.5. The lowest BCUT2D eigenvalue weighted by Gasteiger charge is -2.26. The van der Waals surface area contributed by atoms with Crippen molar-refractivity contribution in [3.05, 3.63) is 68.6 Å². The number of benzene rings is 2. The summed E-state index contributed by atoms with van der Waals surface area (Å²) in [5.41, 5.74) is 3.42. The van der Waals surface area contributed by atoms with Gasteiger partial charge in [-0.15, -0.1) is 11.8 Å². The number of aryl methyl sites for hydroxylation is 1. The van der Waals surface area contributed by atoms with Crippen LogP contribution in [0.25, 0.3) is 27.1 Å². The second kappa shape index (κ2) is 12.6. The van der Waals surface area contributed by atoms with Gasteiger partial charge in [-0.25, -0.2) is 8.42 Å². The summed E-state index contributed by atoms with van der Waals surface area (Å²) in [6.07, 6.45) is 5.62. The monoisotopic (exact) mass is 666 g/mol. The van der Waals surface area contributed by atoms with Gasteiger partial charge in [-0.05, 0) is 60.3 Å². The number of aromatic nitrogens is 1. The molecule has 0 aliphatic carbocycles. The molecule has 2 aliphatic heterocycles. The Bertz CT molecular complexity index is 1830. The molecule has 13 heteroatoms. The van der Waals surface area contributed by atoms with E-state index in [-0.39, 0.29) is 22.8 Å². The predicted octanol–water partition coefficient (Wildman–Crippen LogP) is 5.97. The van der Waals surface area contributed by atoms with E-state index in [1.807, 2.05) is 12.1 Å². The molecule has 0 saturated carbocycles. The first kappa shape index (κ1) is 31.6. The van der Waals surface area contributed by atoms with Crippen molar-refractivity contribution in [3.8, 4) is 0 Å². The number of hydrogen-bond donors (Lipinski definition) is 1. The van der Waals surface area contributed by atoms with Gasteiger partial charge in [0.1, 0.15) is 4.70 Å². The minimum Gasteiger partial charge on any atom is -0.748 e. The van der Waals surface area contributed by atoms with Crippen molar-refractivity contribution in [2.45, 2.75) is 57.2 Å². The topological polar surface area (TPSA) is 119 Å². The maximum Gasteiger partial charge on any atom is 0.264 e. The number of rotatable bonds is 11. The minimum absolute atomic E-state index is 0.176. The molecule has 2 unspecified atom stereocenters. The van der Waals surface area contributed by atoms with Crippen LogP contribution in [0.5, 0.6) is 0 Å². The van der Waals surface area contributed by atoms with Gasteiger partial charge in [0.05, 0.1) is 31.5 Å². The van der Waals surface area contributed by atoms with Crippen LogP contribution in [0.15, 0.2) is 63.6 Å². The minimum atomic E-state index is -4.31. The molecule has 8 nitrogen and oxygen atoms in total. The van der Waals surface area contributed by atoms with E-state index in [1.165, 1.54) is 10.5 Å². The van der Waals surface area contributed by atoms with Gasteiger partial charge < -0.3 is 9.45 Å². The average Bonchev–Trinajstić information content (AvgIpc) is 3.53. The van der Waals surface area contributed by atoms with E-state index in [4.69, 9.17) is 0 Å². The molecule has 1 aromatic heterocycles. The van der Waals surface area contributed by atoms with E-state index >= 15 is 0 Å². The molecule has 226 valence electrons. The Balaban J connectivity index is 1.54. The number of thiazole rings is 1. The largest absolute Gasteiger partial charge is 0.748 e. The van der Waals surface area contributed by atoms with E-state index in [9.17, 15) is 25.9 Å². The third-order valence-electron chi connectivity index (χ3n) is 7.60. The number of fused-ring (bicyclic) bond motifs is 4. The fourth-order valence-electron chi connectivity index (χ4n) is 5.35. The van der Waals surface area contributed by atoms with Crippen LogP contribution >= 0.6 is 34.9 Å². The van der Waals surface area contributed by atoms with Gasteiger partial charge >= 0.3 is 0 Å². The van der Waals surface area contributed by atoms with Gasteiger partial charge in [0, 0.05) is 36.2 Å². The first-order valence-electron chi connectivity index (χ1n) is 13.8. The zero-order valence-electron chi connectivity index (χ0n) is 23.6. The summed E-state index contributed by atoms with van der Waals surface area (Å²) in [4.78, 5) is 3.56. The molecular formula is C29H34N2O6S5. The quantitative estimate of drug-likeness (QED) is 0.195. The lowest BCUT2D eigenvalue weighted by atomic mass is 10.1. The van der Waals surface area contributed by atoms with Crippen molar-refractivity contribution in [3.63, 3.8) is 0 Å². The molecule has 3 aromatic rings. The summed E-state index contributed by atoms with van der Waals surface area (Å²) in [5.74, 6) is -0.694. The highest BCUT2D eigenvalue weighted by Gasteiger charge is 2.43. The van der Waals surface area contributed by atoms with Crippen LogP contribution in [0, 0.1) is 0 Å². The van der Waals surface area contributed by atoms with E-state index in [2.05, 4.69) is 66.7 Å². The molecule has 0 amide bonds. The molecule has 1 N–H and O–H groups in total. The maximum atomic E-state index is 11.4. The maximum absolute atomic E-state index is 11.4. The Kier molecular flexibility index (Phi) is 9.48. The number of nitrogens with zero attached hydrogens (tertiary/aromatic N) is 2. The Labute approximate surface area is 260 Å². The van der Waals surface area contributed by atoms with Crippen molar-refractivity contribution in [2.75, 3.05) is 18.1 Å². The van der Waals surface area contributed by atoms with E-state index < -0.39 is 26.0 Å². The predicted molar refractivity (Wildman–Crippen MR) is 174 cm³/mol. The molecule has 0 radical (unpaired) electrons. The molecule has 0 spiro atoms. The van der Waals surface area contributed by atoms with Crippen LogP contribution in [-0.4, -0.2) is 59.5 Å². The summed E-state index contributed by atoms with van der Waals surface area (Å²) in [5, 5.41) is 4.75. The van der Waals surface area contributed by atoms with E-state index in [0.717, 1.165) is 43.0 Å². The van der Waals surface area contributed by atoms with Crippen LogP contribution < -0.4 is 4.57 Å². The highest BCUT2D eigenvalue weighted by atomic mass is 32.2. The smallest absolute Gasteiger partial charge is 0.264 e. The third kappa shape index (κ3) is 7.09. The summed E-state index contributed by atoms with van der Waals surface area (Å²) in [6, 6.07) is 12.3. The third-order valence-corrected chi connectivity index (χ3v) is 13.5. The summed E-state index contributed by atoms with van der Waals surface area (Å²) < 4.78 is 69.4. The standard InChI is InChI=1S/C29H34N2O6S5/c1-4-21(18-26-31(14-8-16-42(35,36)37)29-27(39-26)19(2)20(3)38-29)17-25-30(13-7-15-41(32,33)34)24-12-11-22-9-5-6-10-23(22)28(24)40-25/h5-6,9-12,17-18,27,29H,4,7-8,13-16H2,1-3H3,(H-,32,33,34,35,36,37). The first-order valence-corrected chi connectivity index (χ1v) is 19.5. The zero-order chi connectivity index (χ0) is 30.2. The lowest BCUT2D eigenvalue weighted by Crippen LogP contribution is -2.36. The van der Waals surface area contributed by atoms with Gasteiger partial charge in [0.15, 0.2) is 6.54 Å². The van der Waals surface area contributed by atoms with Crippen molar-refractivity contribution in [1.29, 1.82) is 0 Å². The van der Waals surface area contributed by atoms with Gasteiger partial charge in [0.25, 0.3) is 15.1 Å². The molecule has 2 aliphatic rings. The number of hydrogen-bond acceptors (Lipinski definition) is 9. The normalized spacial score (nSPS) is 20.9. The summed E-state index contributed by atoms with van der Waals surface area (Å²) >= 11 is 5.25. The molecule has 42 heavy (non-hydrogen) atoms.